The number of nitrogens with two attached hydrogens (primary N) is 1. The fourth-order valence-corrected chi connectivity index (χ4v) is 3.74. The summed E-state index contributed by atoms with van der Waals surface area (Å²) < 4.78 is 2.39. The van der Waals surface area contributed by atoms with Crippen molar-refractivity contribution in [2.75, 3.05) is 6.54 Å². The molecule has 0 radical (unpaired) electrons. The van der Waals surface area contributed by atoms with E-state index in [1.54, 1.807) is 12.1 Å². The molecule has 2 aromatic rings. The van der Waals surface area contributed by atoms with E-state index >= 15 is 0 Å². The molecule has 5 heteroatoms. The second-order valence-corrected chi connectivity index (χ2v) is 5.50. The van der Waals surface area contributed by atoms with E-state index in [0.29, 0.717) is 6.04 Å². The molecule has 2 aliphatic rings. The fraction of sp³-hybridized carbons (Fsp3) is 0.429. The van der Waals surface area contributed by atoms with E-state index in [9.17, 15) is 10.1 Å². The molecule has 0 bridgehead atoms. The Hall–Kier alpha value is -1.88. The molecule has 1 aliphatic carbocycles. The van der Waals surface area contributed by atoms with Gasteiger partial charge in [0.15, 0.2) is 0 Å². The van der Waals surface area contributed by atoms with Gasteiger partial charge < -0.3 is 9.88 Å². The standard InChI is InChI=1S/C14H15N3O2/c18-17(19)9-4-5-13-11(8-9)10-2-1-3-12-14(10)16(13)7-6-15-12/h4-5,8,12,15H,1-3,6-7H2/p+1/t12-/m1/s1. The van der Waals surface area contributed by atoms with Crippen LogP contribution in [0, 0.1) is 10.1 Å². The zero-order chi connectivity index (χ0) is 13.0. The predicted molar refractivity (Wildman–Crippen MR) is 71.1 cm³/mol. The third kappa shape index (κ3) is 1.45. The average molecular weight is 258 g/mol. The zero-order valence-corrected chi connectivity index (χ0v) is 10.6. The quantitative estimate of drug-likeness (QED) is 0.622. The van der Waals surface area contributed by atoms with Crippen LogP contribution in [0.3, 0.4) is 0 Å². The molecule has 1 aromatic heterocycles. The maximum Gasteiger partial charge on any atom is 0.270 e. The van der Waals surface area contributed by atoms with Crippen molar-refractivity contribution >= 4 is 16.6 Å². The van der Waals surface area contributed by atoms with Gasteiger partial charge in [0.25, 0.3) is 5.69 Å². The van der Waals surface area contributed by atoms with E-state index in [4.69, 9.17) is 0 Å². The number of nitro groups is 1. The molecule has 5 nitrogen and oxygen atoms in total. The molecule has 2 heterocycles. The van der Waals surface area contributed by atoms with Gasteiger partial charge in [-0.3, -0.25) is 10.1 Å². The Morgan fingerprint density at radius 1 is 1.42 bits per heavy atom. The number of non-ortho nitro benzene ring substituents is 1. The second kappa shape index (κ2) is 3.81. The summed E-state index contributed by atoms with van der Waals surface area (Å²) in [6.07, 6.45) is 3.48. The van der Waals surface area contributed by atoms with Crippen LogP contribution in [0.25, 0.3) is 10.9 Å². The zero-order valence-electron chi connectivity index (χ0n) is 10.6. The number of quaternary nitrogens is 1. The monoisotopic (exact) mass is 258 g/mol. The van der Waals surface area contributed by atoms with Gasteiger partial charge in [-0.1, -0.05) is 0 Å². The topological polar surface area (TPSA) is 64.7 Å². The highest BCUT2D eigenvalue weighted by molar-refractivity contribution is 5.88. The first kappa shape index (κ1) is 11.0. The van der Waals surface area contributed by atoms with Gasteiger partial charge in [0.2, 0.25) is 0 Å². The number of fused-ring (bicyclic) bond motifs is 3. The van der Waals surface area contributed by atoms with Crippen LogP contribution in [0.4, 0.5) is 5.69 Å². The molecule has 2 N–H and O–H groups in total. The van der Waals surface area contributed by atoms with Gasteiger partial charge in [-0.25, -0.2) is 0 Å². The van der Waals surface area contributed by atoms with Crippen molar-refractivity contribution in [1.29, 1.82) is 0 Å². The smallest absolute Gasteiger partial charge is 0.270 e. The van der Waals surface area contributed by atoms with Crippen LogP contribution in [-0.2, 0) is 13.0 Å². The van der Waals surface area contributed by atoms with Crippen molar-refractivity contribution in [3.05, 3.63) is 39.6 Å². The van der Waals surface area contributed by atoms with Gasteiger partial charge in [0, 0.05) is 29.5 Å². The van der Waals surface area contributed by atoms with Crippen LogP contribution < -0.4 is 5.32 Å². The number of aromatic nitrogens is 1. The van der Waals surface area contributed by atoms with E-state index < -0.39 is 0 Å². The van der Waals surface area contributed by atoms with Crippen LogP contribution in [0.2, 0.25) is 0 Å². The average Bonchev–Trinajstić information content (AvgIpc) is 2.76. The number of nitrogens with zero attached hydrogens (tertiary/aromatic N) is 2. The second-order valence-electron chi connectivity index (χ2n) is 5.50. The molecule has 19 heavy (non-hydrogen) atoms. The Bertz CT molecular complexity index is 688. The van der Waals surface area contributed by atoms with Crippen molar-refractivity contribution in [2.24, 2.45) is 0 Å². The number of rotatable bonds is 1. The minimum Gasteiger partial charge on any atom is -0.337 e. The number of benzene rings is 1. The predicted octanol–water partition coefficient (Wildman–Crippen LogP) is 1.50. The maximum atomic E-state index is 11.0. The van der Waals surface area contributed by atoms with Crippen LogP contribution in [0.15, 0.2) is 18.2 Å². The maximum absolute atomic E-state index is 11.0. The Morgan fingerprint density at radius 2 is 2.32 bits per heavy atom. The van der Waals surface area contributed by atoms with E-state index in [1.807, 2.05) is 6.07 Å². The summed E-state index contributed by atoms with van der Waals surface area (Å²) >= 11 is 0. The minimum absolute atomic E-state index is 0.206. The molecule has 0 fully saturated rings. The number of hydrogen-bond acceptors (Lipinski definition) is 2. The fourth-order valence-electron chi connectivity index (χ4n) is 3.74. The van der Waals surface area contributed by atoms with Crippen molar-refractivity contribution in [1.82, 2.24) is 4.57 Å². The number of hydrogen-bond donors (Lipinski definition) is 1. The first-order chi connectivity index (χ1) is 9.25. The van der Waals surface area contributed by atoms with Crippen molar-refractivity contribution in [2.45, 2.75) is 31.8 Å². The summed E-state index contributed by atoms with van der Waals surface area (Å²) in [5, 5.41) is 14.5. The summed E-state index contributed by atoms with van der Waals surface area (Å²) in [5.74, 6) is 0. The molecule has 1 aliphatic heterocycles. The highest BCUT2D eigenvalue weighted by Crippen LogP contribution is 2.38. The molecule has 1 atom stereocenters. The molecule has 0 unspecified atom stereocenters. The van der Waals surface area contributed by atoms with E-state index in [1.165, 1.54) is 29.6 Å². The highest BCUT2D eigenvalue weighted by atomic mass is 16.6. The highest BCUT2D eigenvalue weighted by Gasteiger charge is 2.32. The van der Waals surface area contributed by atoms with Gasteiger partial charge in [-0.2, -0.15) is 0 Å². The normalized spacial score (nSPS) is 21.4. The summed E-state index contributed by atoms with van der Waals surface area (Å²) in [7, 11) is 0. The molecular weight excluding hydrogens is 242 g/mol. The van der Waals surface area contributed by atoms with Gasteiger partial charge in [0.05, 0.1) is 23.7 Å². The molecule has 4 rings (SSSR count). The molecule has 0 amide bonds. The molecule has 1 aromatic carbocycles. The summed E-state index contributed by atoms with van der Waals surface area (Å²) in [6.45, 7) is 2.12. The van der Waals surface area contributed by atoms with Gasteiger partial charge in [-0.05, 0) is 24.5 Å². The Morgan fingerprint density at radius 3 is 3.16 bits per heavy atom. The third-order valence-corrected chi connectivity index (χ3v) is 4.50. The molecule has 0 saturated heterocycles. The van der Waals surface area contributed by atoms with Crippen LogP contribution in [0.5, 0.6) is 0 Å². The molecular formula is C14H16N3O2+. The summed E-state index contributed by atoms with van der Waals surface area (Å²) in [5.41, 5.74) is 4.16. The van der Waals surface area contributed by atoms with Gasteiger partial charge >= 0.3 is 0 Å². The Labute approximate surface area is 110 Å². The first-order valence-corrected chi connectivity index (χ1v) is 6.88. The van der Waals surface area contributed by atoms with Crippen molar-refractivity contribution in [3.8, 4) is 0 Å². The lowest BCUT2D eigenvalue weighted by Crippen LogP contribution is -2.88. The Balaban J connectivity index is 2.04. The van der Waals surface area contributed by atoms with Gasteiger partial charge in [-0.15, -0.1) is 0 Å². The molecule has 98 valence electrons. The van der Waals surface area contributed by atoms with E-state index in [0.717, 1.165) is 24.9 Å². The van der Waals surface area contributed by atoms with Crippen LogP contribution in [0.1, 0.15) is 30.1 Å². The minimum atomic E-state index is -0.296. The lowest BCUT2D eigenvalue weighted by atomic mass is 9.91. The molecule has 0 saturated carbocycles. The van der Waals surface area contributed by atoms with Crippen molar-refractivity contribution in [3.63, 3.8) is 0 Å². The number of aryl methyl sites for hydroxylation is 1. The lowest BCUT2D eigenvalue weighted by Gasteiger charge is -2.27. The van der Waals surface area contributed by atoms with Crippen LogP contribution >= 0.6 is 0 Å². The number of nitro benzene ring substituents is 1. The summed E-state index contributed by atoms with van der Waals surface area (Å²) in [6, 6.07) is 5.88. The van der Waals surface area contributed by atoms with Crippen LogP contribution in [-0.4, -0.2) is 16.0 Å². The van der Waals surface area contributed by atoms with E-state index in [-0.39, 0.29) is 10.6 Å². The SMILES string of the molecule is O=[N+]([O-])c1ccc2c(c1)c1c3n2CC[NH2+][C@@H]3CCC1. The van der Waals surface area contributed by atoms with Crippen molar-refractivity contribution < 1.29 is 10.2 Å². The van der Waals surface area contributed by atoms with Gasteiger partial charge in [0.1, 0.15) is 6.04 Å². The Kier molecular flexibility index (Phi) is 2.20. The summed E-state index contributed by atoms with van der Waals surface area (Å²) in [4.78, 5) is 10.7. The first-order valence-electron chi connectivity index (χ1n) is 6.88. The molecule has 0 spiro atoms. The van der Waals surface area contributed by atoms with E-state index in [2.05, 4.69) is 9.88 Å². The third-order valence-electron chi connectivity index (χ3n) is 4.50. The largest absolute Gasteiger partial charge is 0.337 e. The lowest BCUT2D eigenvalue weighted by molar-refractivity contribution is -0.704.